The molecule has 0 spiro atoms. The molecule has 0 saturated carbocycles. The zero-order valence-corrected chi connectivity index (χ0v) is 10.9. The van der Waals surface area contributed by atoms with Crippen molar-refractivity contribution in [2.45, 2.75) is 6.92 Å². The Hall–Kier alpha value is -2.36. The highest BCUT2D eigenvalue weighted by Gasteiger charge is 2.15. The Morgan fingerprint density at radius 2 is 2.11 bits per heavy atom. The van der Waals surface area contributed by atoms with Crippen LogP contribution in [0.2, 0.25) is 0 Å². The van der Waals surface area contributed by atoms with Crippen LogP contribution in [0.1, 0.15) is 17.3 Å². The lowest BCUT2D eigenvalue weighted by Gasteiger charge is -2.10. The summed E-state index contributed by atoms with van der Waals surface area (Å²) in [4.78, 5) is 16.2. The van der Waals surface area contributed by atoms with Crippen LogP contribution < -0.4 is 4.74 Å². The van der Waals surface area contributed by atoms with Crippen LogP contribution in [-0.2, 0) is 4.74 Å². The average Bonchev–Trinajstić information content (AvgIpc) is 2.47. The summed E-state index contributed by atoms with van der Waals surface area (Å²) in [5.74, 6) is 0.319. The molecule has 0 aliphatic carbocycles. The number of aromatic nitrogens is 1. The van der Waals surface area contributed by atoms with Crippen molar-refractivity contribution in [2.24, 2.45) is 0 Å². The van der Waals surface area contributed by atoms with Crippen LogP contribution in [0.4, 0.5) is 0 Å². The number of rotatable bonds is 4. The van der Waals surface area contributed by atoms with E-state index in [1.165, 1.54) is 0 Å². The van der Waals surface area contributed by atoms with Crippen LogP contribution in [0.3, 0.4) is 0 Å². The number of carbonyl (C=O) groups is 1. The molecular formula is C15H15NO3. The summed E-state index contributed by atoms with van der Waals surface area (Å²) in [6.45, 7) is 2.12. The summed E-state index contributed by atoms with van der Waals surface area (Å²) in [5, 5.41) is 0. The number of hydrogen-bond acceptors (Lipinski definition) is 4. The summed E-state index contributed by atoms with van der Waals surface area (Å²) in [6, 6.07) is 10.8. The van der Waals surface area contributed by atoms with Crippen LogP contribution in [0.15, 0.2) is 42.6 Å². The van der Waals surface area contributed by atoms with Gasteiger partial charge in [0.15, 0.2) is 0 Å². The van der Waals surface area contributed by atoms with Crippen molar-refractivity contribution in [2.75, 3.05) is 13.7 Å². The van der Waals surface area contributed by atoms with E-state index >= 15 is 0 Å². The van der Waals surface area contributed by atoms with E-state index in [9.17, 15) is 4.79 Å². The Morgan fingerprint density at radius 1 is 1.26 bits per heavy atom. The predicted molar refractivity (Wildman–Crippen MR) is 72.2 cm³/mol. The molecule has 0 amide bonds. The summed E-state index contributed by atoms with van der Waals surface area (Å²) < 4.78 is 10.2. The summed E-state index contributed by atoms with van der Waals surface area (Å²) in [7, 11) is 1.58. The van der Waals surface area contributed by atoms with E-state index in [2.05, 4.69) is 4.98 Å². The number of methoxy groups -OCH3 is 1. The Balaban J connectivity index is 2.52. The fourth-order valence-corrected chi connectivity index (χ4v) is 1.77. The molecule has 0 aliphatic heterocycles. The topological polar surface area (TPSA) is 48.4 Å². The fourth-order valence-electron chi connectivity index (χ4n) is 1.77. The van der Waals surface area contributed by atoms with E-state index < -0.39 is 0 Å². The minimum absolute atomic E-state index is 0.340. The number of hydrogen-bond donors (Lipinski definition) is 0. The average molecular weight is 257 g/mol. The molecule has 0 radical (unpaired) electrons. The van der Waals surface area contributed by atoms with Gasteiger partial charge in [-0.3, -0.25) is 4.98 Å². The van der Waals surface area contributed by atoms with Gasteiger partial charge in [0, 0.05) is 11.8 Å². The van der Waals surface area contributed by atoms with Gasteiger partial charge in [0.2, 0.25) is 0 Å². The van der Waals surface area contributed by atoms with Crippen LogP contribution >= 0.6 is 0 Å². The van der Waals surface area contributed by atoms with Crippen LogP contribution in [0.25, 0.3) is 11.3 Å². The highest BCUT2D eigenvalue weighted by Crippen LogP contribution is 2.27. The van der Waals surface area contributed by atoms with E-state index in [0.29, 0.717) is 29.2 Å². The van der Waals surface area contributed by atoms with Gasteiger partial charge in [-0.25, -0.2) is 4.79 Å². The molecular weight excluding hydrogens is 242 g/mol. The minimum Gasteiger partial charge on any atom is -0.497 e. The number of ether oxygens (including phenoxy) is 2. The monoisotopic (exact) mass is 257 g/mol. The van der Waals surface area contributed by atoms with Gasteiger partial charge in [-0.1, -0.05) is 6.07 Å². The third kappa shape index (κ3) is 2.91. The van der Waals surface area contributed by atoms with E-state index in [1.54, 1.807) is 38.4 Å². The molecule has 1 heterocycles. The molecule has 98 valence electrons. The lowest BCUT2D eigenvalue weighted by molar-refractivity contribution is 0.0527. The standard InChI is InChI=1S/C15H15NO3/c1-3-19-15(17)12-8-7-11(18-2)10-13(12)14-6-4-5-9-16-14/h4-10H,3H2,1-2H3. The predicted octanol–water partition coefficient (Wildman–Crippen LogP) is 2.93. The van der Waals surface area contributed by atoms with Gasteiger partial charge in [0.25, 0.3) is 0 Å². The molecule has 0 atom stereocenters. The van der Waals surface area contributed by atoms with Crippen molar-refractivity contribution >= 4 is 5.97 Å². The number of pyridine rings is 1. The van der Waals surface area contributed by atoms with Gasteiger partial charge in [-0.2, -0.15) is 0 Å². The molecule has 0 aliphatic rings. The van der Waals surface area contributed by atoms with Crippen molar-refractivity contribution in [1.82, 2.24) is 4.98 Å². The van der Waals surface area contributed by atoms with Crippen LogP contribution in [0, 0.1) is 0 Å². The number of esters is 1. The van der Waals surface area contributed by atoms with Gasteiger partial charge in [0.1, 0.15) is 5.75 Å². The smallest absolute Gasteiger partial charge is 0.338 e. The SMILES string of the molecule is CCOC(=O)c1ccc(OC)cc1-c1ccccn1. The summed E-state index contributed by atoms with van der Waals surface area (Å²) in [5.41, 5.74) is 1.91. The van der Waals surface area contributed by atoms with Crippen molar-refractivity contribution in [1.29, 1.82) is 0 Å². The molecule has 0 bridgehead atoms. The van der Waals surface area contributed by atoms with E-state index in [-0.39, 0.29) is 5.97 Å². The minimum atomic E-state index is -0.356. The van der Waals surface area contributed by atoms with Crippen molar-refractivity contribution in [3.63, 3.8) is 0 Å². The molecule has 1 aromatic carbocycles. The molecule has 0 saturated heterocycles. The number of benzene rings is 1. The molecule has 4 heteroatoms. The number of nitrogens with zero attached hydrogens (tertiary/aromatic N) is 1. The largest absolute Gasteiger partial charge is 0.497 e. The molecule has 1 aromatic heterocycles. The Labute approximate surface area is 112 Å². The van der Waals surface area contributed by atoms with Crippen LogP contribution in [-0.4, -0.2) is 24.7 Å². The molecule has 0 unspecified atom stereocenters. The highest BCUT2D eigenvalue weighted by molar-refractivity contribution is 5.97. The Kier molecular flexibility index (Phi) is 4.13. The summed E-state index contributed by atoms with van der Waals surface area (Å²) >= 11 is 0. The quantitative estimate of drug-likeness (QED) is 0.790. The second-order valence-electron chi connectivity index (χ2n) is 3.85. The first-order chi connectivity index (χ1) is 9.26. The van der Waals surface area contributed by atoms with Gasteiger partial charge in [-0.05, 0) is 37.3 Å². The Bertz CT molecular complexity index is 567. The highest BCUT2D eigenvalue weighted by atomic mass is 16.5. The first-order valence-corrected chi connectivity index (χ1v) is 6.02. The molecule has 0 N–H and O–H groups in total. The normalized spacial score (nSPS) is 10.0. The maximum atomic E-state index is 11.9. The second-order valence-corrected chi connectivity index (χ2v) is 3.85. The lowest BCUT2D eigenvalue weighted by atomic mass is 10.0. The Morgan fingerprint density at radius 3 is 2.74 bits per heavy atom. The first kappa shape index (κ1) is 13.1. The van der Waals surface area contributed by atoms with Gasteiger partial charge >= 0.3 is 5.97 Å². The van der Waals surface area contributed by atoms with Crippen molar-refractivity contribution < 1.29 is 14.3 Å². The second kappa shape index (κ2) is 6.00. The molecule has 0 fully saturated rings. The zero-order chi connectivity index (χ0) is 13.7. The molecule has 2 aromatic rings. The third-order valence-corrected chi connectivity index (χ3v) is 2.66. The van der Waals surface area contributed by atoms with Crippen LogP contribution in [0.5, 0.6) is 5.75 Å². The molecule has 19 heavy (non-hydrogen) atoms. The summed E-state index contributed by atoms with van der Waals surface area (Å²) in [6.07, 6.45) is 1.68. The first-order valence-electron chi connectivity index (χ1n) is 6.02. The molecule has 4 nitrogen and oxygen atoms in total. The third-order valence-electron chi connectivity index (χ3n) is 2.66. The van der Waals surface area contributed by atoms with Crippen molar-refractivity contribution in [3.05, 3.63) is 48.2 Å². The van der Waals surface area contributed by atoms with Crippen molar-refractivity contribution in [3.8, 4) is 17.0 Å². The fraction of sp³-hybridized carbons (Fsp3) is 0.200. The van der Waals surface area contributed by atoms with Gasteiger partial charge in [0.05, 0.1) is 25.0 Å². The zero-order valence-electron chi connectivity index (χ0n) is 10.9. The van der Waals surface area contributed by atoms with Gasteiger partial charge in [-0.15, -0.1) is 0 Å². The lowest BCUT2D eigenvalue weighted by Crippen LogP contribution is -2.07. The number of carbonyl (C=O) groups excluding carboxylic acids is 1. The van der Waals surface area contributed by atoms with E-state index in [4.69, 9.17) is 9.47 Å². The maximum absolute atomic E-state index is 11.9. The maximum Gasteiger partial charge on any atom is 0.338 e. The van der Waals surface area contributed by atoms with Gasteiger partial charge < -0.3 is 9.47 Å². The molecule has 2 rings (SSSR count). The van der Waals surface area contributed by atoms with E-state index in [1.807, 2.05) is 18.2 Å². The van der Waals surface area contributed by atoms with E-state index in [0.717, 1.165) is 0 Å².